The number of hydrogen-bond donors (Lipinski definition) is 1. The number of rotatable bonds is 9. The SMILES string of the molecule is CCCCCCNC(=O)c1ccc(Cn2cc(Br)c([N+](=O)[O-])n2)o1. The predicted octanol–water partition coefficient (Wildman–Crippen LogP) is 3.51. The molecule has 1 amide bonds. The first-order valence-electron chi connectivity index (χ1n) is 7.75. The van der Waals surface area contributed by atoms with Gasteiger partial charge in [0, 0.05) is 6.54 Å². The summed E-state index contributed by atoms with van der Waals surface area (Å²) in [6, 6.07) is 3.25. The van der Waals surface area contributed by atoms with Crippen molar-refractivity contribution < 1.29 is 14.1 Å². The van der Waals surface area contributed by atoms with E-state index in [0.29, 0.717) is 16.8 Å². The molecule has 0 spiro atoms. The maximum atomic E-state index is 12.0. The molecule has 9 heteroatoms. The molecule has 2 aromatic heterocycles. The van der Waals surface area contributed by atoms with E-state index in [-0.39, 0.29) is 24.0 Å². The van der Waals surface area contributed by atoms with Gasteiger partial charge in [-0.2, -0.15) is 4.68 Å². The molecule has 1 N–H and O–H groups in total. The van der Waals surface area contributed by atoms with E-state index in [2.05, 4.69) is 33.3 Å². The molecule has 0 radical (unpaired) electrons. The van der Waals surface area contributed by atoms with Gasteiger partial charge in [-0.15, -0.1) is 0 Å². The number of furan rings is 1. The molecule has 2 heterocycles. The van der Waals surface area contributed by atoms with E-state index >= 15 is 0 Å². The van der Waals surface area contributed by atoms with Crippen LogP contribution in [0.4, 0.5) is 5.82 Å². The maximum absolute atomic E-state index is 12.0. The van der Waals surface area contributed by atoms with Crippen molar-refractivity contribution in [3.8, 4) is 0 Å². The second-order valence-electron chi connectivity index (χ2n) is 5.34. The fourth-order valence-electron chi connectivity index (χ4n) is 2.18. The zero-order valence-corrected chi connectivity index (χ0v) is 14.9. The number of carbonyl (C=O) groups excluding carboxylic acids is 1. The second kappa shape index (κ2) is 8.62. The Hall–Kier alpha value is -2.16. The summed E-state index contributed by atoms with van der Waals surface area (Å²) in [6.45, 7) is 2.96. The molecule has 0 aliphatic heterocycles. The third-order valence-electron chi connectivity index (χ3n) is 3.39. The lowest BCUT2D eigenvalue weighted by molar-refractivity contribution is -0.390. The van der Waals surface area contributed by atoms with Crippen LogP contribution in [-0.4, -0.2) is 27.2 Å². The Morgan fingerprint density at radius 3 is 2.88 bits per heavy atom. The fraction of sp³-hybridized carbons (Fsp3) is 0.467. The smallest absolute Gasteiger partial charge is 0.404 e. The van der Waals surface area contributed by atoms with Crippen molar-refractivity contribution in [2.24, 2.45) is 0 Å². The number of hydrogen-bond acceptors (Lipinski definition) is 5. The van der Waals surface area contributed by atoms with Crippen LogP contribution in [0, 0.1) is 10.1 Å². The third-order valence-corrected chi connectivity index (χ3v) is 3.95. The van der Waals surface area contributed by atoms with Crippen LogP contribution in [0.5, 0.6) is 0 Å². The number of amides is 1. The van der Waals surface area contributed by atoms with Crippen molar-refractivity contribution >= 4 is 27.7 Å². The van der Waals surface area contributed by atoms with Crippen molar-refractivity contribution in [3.05, 3.63) is 44.4 Å². The van der Waals surface area contributed by atoms with Crippen LogP contribution in [0.2, 0.25) is 0 Å². The van der Waals surface area contributed by atoms with Crippen LogP contribution in [0.15, 0.2) is 27.2 Å². The summed E-state index contributed by atoms with van der Waals surface area (Å²) >= 11 is 3.09. The molecule has 0 saturated carbocycles. The first kappa shape index (κ1) is 18.2. The lowest BCUT2D eigenvalue weighted by Gasteiger charge is -2.02. The molecule has 0 unspecified atom stereocenters. The van der Waals surface area contributed by atoms with Crippen LogP contribution < -0.4 is 5.32 Å². The molecule has 0 atom stereocenters. The summed E-state index contributed by atoms with van der Waals surface area (Å²) in [4.78, 5) is 22.2. The minimum Gasteiger partial charge on any atom is -0.454 e. The van der Waals surface area contributed by atoms with Crippen LogP contribution >= 0.6 is 15.9 Å². The number of halogens is 1. The van der Waals surface area contributed by atoms with Gasteiger partial charge in [-0.1, -0.05) is 26.2 Å². The van der Waals surface area contributed by atoms with Crippen molar-refractivity contribution in [2.75, 3.05) is 6.54 Å². The Bertz CT molecular complexity index is 710. The highest BCUT2D eigenvalue weighted by Crippen LogP contribution is 2.22. The molecule has 8 nitrogen and oxygen atoms in total. The molecular formula is C15H19BrN4O4. The minimum absolute atomic E-state index is 0.205. The molecule has 130 valence electrons. The number of nitrogens with one attached hydrogen (secondary N) is 1. The number of aromatic nitrogens is 2. The van der Waals surface area contributed by atoms with Crippen LogP contribution in [0.25, 0.3) is 0 Å². The molecular weight excluding hydrogens is 380 g/mol. The zero-order chi connectivity index (χ0) is 17.5. The van der Waals surface area contributed by atoms with Gasteiger partial charge in [0.2, 0.25) is 0 Å². The van der Waals surface area contributed by atoms with Crippen molar-refractivity contribution in [1.82, 2.24) is 15.1 Å². The third kappa shape index (κ3) is 4.92. The van der Waals surface area contributed by atoms with Crippen LogP contribution in [0.3, 0.4) is 0 Å². The average molecular weight is 399 g/mol. The van der Waals surface area contributed by atoms with E-state index in [9.17, 15) is 14.9 Å². The molecule has 0 fully saturated rings. The van der Waals surface area contributed by atoms with Gasteiger partial charge in [0.05, 0.1) is 11.3 Å². The minimum atomic E-state index is -0.569. The van der Waals surface area contributed by atoms with Crippen LogP contribution in [0.1, 0.15) is 48.9 Å². The Morgan fingerprint density at radius 2 is 2.21 bits per heavy atom. The Kier molecular flexibility index (Phi) is 6.53. The quantitative estimate of drug-likeness (QED) is 0.395. The first-order valence-corrected chi connectivity index (χ1v) is 8.54. The van der Waals surface area contributed by atoms with Gasteiger partial charge >= 0.3 is 5.82 Å². The van der Waals surface area contributed by atoms with Crippen LogP contribution in [-0.2, 0) is 6.54 Å². The van der Waals surface area contributed by atoms with E-state index in [1.54, 1.807) is 12.1 Å². The monoisotopic (exact) mass is 398 g/mol. The number of nitro groups is 1. The molecule has 0 aromatic carbocycles. The Balaban J connectivity index is 1.89. The molecule has 0 aliphatic rings. The van der Waals surface area contributed by atoms with E-state index in [0.717, 1.165) is 25.7 Å². The predicted molar refractivity (Wildman–Crippen MR) is 90.9 cm³/mol. The summed E-state index contributed by atoms with van der Waals surface area (Å²) in [7, 11) is 0. The highest BCUT2D eigenvalue weighted by molar-refractivity contribution is 9.10. The van der Waals surface area contributed by atoms with E-state index in [1.165, 1.54) is 10.9 Å². The first-order chi connectivity index (χ1) is 11.5. The zero-order valence-electron chi connectivity index (χ0n) is 13.3. The highest BCUT2D eigenvalue weighted by atomic mass is 79.9. The standard InChI is InChI=1S/C15H19BrN4O4/c1-2-3-4-5-8-17-15(21)13-7-6-11(24-13)9-19-10-12(16)14(18-19)20(22)23/h6-7,10H,2-5,8-9H2,1H3,(H,17,21). The maximum Gasteiger partial charge on any atom is 0.404 e. The summed E-state index contributed by atoms with van der Waals surface area (Å²) in [5.41, 5.74) is 0. The van der Waals surface area contributed by atoms with E-state index < -0.39 is 4.92 Å². The van der Waals surface area contributed by atoms with Crippen molar-refractivity contribution in [1.29, 1.82) is 0 Å². The molecule has 2 aromatic rings. The summed E-state index contributed by atoms with van der Waals surface area (Å²) < 4.78 is 7.16. The van der Waals surface area contributed by atoms with Gasteiger partial charge in [0.15, 0.2) is 5.76 Å². The second-order valence-corrected chi connectivity index (χ2v) is 6.19. The summed E-state index contributed by atoms with van der Waals surface area (Å²) in [5, 5.41) is 17.4. The van der Waals surface area contributed by atoms with Crippen molar-refractivity contribution in [2.45, 2.75) is 39.2 Å². The van der Waals surface area contributed by atoms with E-state index in [1.807, 2.05) is 0 Å². The van der Waals surface area contributed by atoms with Gasteiger partial charge in [0.25, 0.3) is 5.91 Å². The molecule has 0 saturated heterocycles. The molecule has 0 aliphatic carbocycles. The summed E-state index contributed by atoms with van der Waals surface area (Å²) in [6.07, 6.45) is 5.84. The summed E-state index contributed by atoms with van der Waals surface area (Å²) in [5.74, 6) is 0.203. The van der Waals surface area contributed by atoms with E-state index in [4.69, 9.17) is 4.42 Å². The normalized spacial score (nSPS) is 10.8. The Labute approximate surface area is 147 Å². The number of carbonyl (C=O) groups is 1. The molecule has 2 rings (SSSR count). The largest absolute Gasteiger partial charge is 0.454 e. The molecule has 0 bridgehead atoms. The lowest BCUT2D eigenvalue weighted by Crippen LogP contribution is -2.23. The topological polar surface area (TPSA) is 103 Å². The van der Waals surface area contributed by atoms with Gasteiger partial charge in [-0.05, 0) is 39.4 Å². The van der Waals surface area contributed by atoms with Gasteiger partial charge in [-0.25, -0.2) is 0 Å². The average Bonchev–Trinajstić information content (AvgIpc) is 3.14. The lowest BCUT2D eigenvalue weighted by atomic mass is 10.2. The van der Waals surface area contributed by atoms with Crippen molar-refractivity contribution in [3.63, 3.8) is 0 Å². The number of unbranched alkanes of at least 4 members (excludes halogenated alkanes) is 3. The van der Waals surface area contributed by atoms with Gasteiger partial charge < -0.3 is 19.8 Å². The molecule has 24 heavy (non-hydrogen) atoms. The highest BCUT2D eigenvalue weighted by Gasteiger charge is 2.19. The van der Waals surface area contributed by atoms with Gasteiger partial charge in [0.1, 0.15) is 16.8 Å². The number of nitrogens with zero attached hydrogens (tertiary/aromatic N) is 3. The van der Waals surface area contributed by atoms with Gasteiger partial charge in [-0.3, -0.25) is 4.79 Å². The fourth-order valence-corrected chi connectivity index (χ4v) is 2.64. The Morgan fingerprint density at radius 1 is 1.42 bits per heavy atom.